The summed E-state index contributed by atoms with van der Waals surface area (Å²) in [5, 5.41) is 7.83. The van der Waals surface area contributed by atoms with E-state index < -0.39 is 0 Å². The highest BCUT2D eigenvalue weighted by Gasteiger charge is 2.10. The first-order valence-corrected chi connectivity index (χ1v) is 7.93. The van der Waals surface area contributed by atoms with Gasteiger partial charge in [-0.3, -0.25) is 4.79 Å². The standard InChI is InChI=1S/C19H16N4O2/c1-13(24)14-4-2-5-15(10-14)17-12-21-19-8-7-18(22-23(17)19)20-11-16-6-3-9-25-16/h2-10,12H,11H2,1H3,(H,20,22). The third-order valence-electron chi connectivity index (χ3n) is 3.95. The summed E-state index contributed by atoms with van der Waals surface area (Å²) in [6.45, 7) is 2.11. The Morgan fingerprint density at radius 3 is 2.92 bits per heavy atom. The number of nitrogens with one attached hydrogen (secondary N) is 1. The van der Waals surface area contributed by atoms with Gasteiger partial charge >= 0.3 is 0 Å². The molecule has 4 aromatic rings. The fourth-order valence-electron chi connectivity index (χ4n) is 2.65. The zero-order chi connectivity index (χ0) is 17.2. The Morgan fingerprint density at radius 2 is 2.12 bits per heavy atom. The van der Waals surface area contributed by atoms with Crippen LogP contribution >= 0.6 is 0 Å². The number of rotatable bonds is 5. The lowest BCUT2D eigenvalue weighted by atomic mass is 10.1. The van der Waals surface area contributed by atoms with Crippen molar-refractivity contribution in [3.8, 4) is 11.3 Å². The van der Waals surface area contributed by atoms with Crippen molar-refractivity contribution in [1.82, 2.24) is 14.6 Å². The monoisotopic (exact) mass is 332 g/mol. The van der Waals surface area contributed by atoms with Gasteiger partial charge in [0, 0.05) is 11.1 Å². The number of carbonyl (C=O) groups excluding carboxylic acids is 1. The molecule has 4 rings (SSSR count). The summed E-state index contributed by atoms with van der Waals surface area (Å²) in [6, 6.07) is 15.0. The first-order valence-electron chi connectivity index (χ1n) is 7.93. The number of furan rings is 1. The Bertz CT molecular complexity index is 1030. The van der Waals surface area contributed by atoms with Gasteiger partial charge in [-0.2, -0.15) is 0 Å². The average Bonchev–Trinajstić information content (AvgIpc) is 3.29. The van der Waals surface area contributed by atoms with Crippen molar-refractivity contribution in [1.29, 1.82) is 0 Å². The Kier molecular flexibility index (Phi) is 3.78. The first-order chi connectivity index (χ1) is 12.2. The van der Waals surface area contributed by atoms with Crippen LogP contribution in [0.4, 0.5) is 5.82 Å². The lowest BCUT2D eigenvalue weighted by molar-refractivity contribution is 0.101. The van der Waals surface area contributed by atoms with E-state index in [9.17, 15) is 4.79 Å². The van der Waals surface area contributed by atoms with Crippen molar-refractivity contribution in [2.45, 2.75) is 13.5 Å². The van der Waals surface area contributed by atoms with Gasteiger partial charge in [0.15, 0.2) is 11.4 Å². The van der Waals surface area contributed by atoms with Gasteiger partial charge in [0.1, 0.15) is 11.6 Å². The van der Waals surface area contributed by atoms with Gasteiger partial charge in [-0.1, -0.05) is 18.2 Å². The highest BCUT2D eigenvalue weighted by Crippen LogP contribution is 2.22. The van der Waals surface area contributed by atoms with Gasteiger partial charge in [-0.25, -0.2) is 9.50 Å². The molecule has 3 heterocycles. The number of fused-ring (bicyclic) bond motifs is 1. The third kappa shape index (κ3) is 3.01. The molecular weight excluding hydrogens is 316 g/mol. The molecule has 6 heteroatoms. The molecule has 0 amide bonds. The molecule has 0 aliphatic carbocycles. The molecule has 0 atom stereocenters. The van der Waals surface area contributed by atoms with Crippen molar-refractivity contribution in [3.63, 3.8) is 0 Å². The van der Waals surface area contributed by atoms with Crippen molar-refractivity contribution in [2.75, 3.05) is 5.32 Å². The maximum Gasteiger partial charge on any atom is 0.159 e. The third-order valence-corrected chi connectivity index (χ3v) is 3.95. The second kappa shape index (κ2) is 6.24. The lowest BCUT2D eigenvalue weighted by Gasteiger charge is -2.06. The van der Waals surface area contributed by atoms with Crippen LogP contribution in [-0.2, 0) is 6.54 Å². The number of nitrogens with zero attached hydrogens (tertiary/aromatic N) is 3. The molecule has 0 fully saturated rings. The summed E-state index contributed by atoms with van der Waals surface area (Å²) in [5.41, 5.74) is 3.14. The second-order valence-electron chi connectivity index (χ2n) is 5.70. The van der Waals surface area contributed by atoms with E-state index in [1.54, 1.807) is 30.0 Å². The molecule has 0 aliphatic heterocycles. The number of imidazole rings is 1. The number of Topliss-reactive ketones (excluding diaryl/α,β-unsaturated/α-hetero) is 1. The molecule has 0 spiro atoms. The van der Waals surface area contributed by atoms with Crippen LogP contribution < -0.4 is 5.32 Å². The number of benzene rings is 1. The number of hydrogen-bond acceptors (Lipinski definition) is 5. The van der Waals surface area contributed by atoms with Crippen molar-refractivity contribution >= 4 is 17.2 Å². The summed E-state index contributed by atoms with van der Waals surface area (Å²) in [6.07, 6.45) is 3.40. The molecule has 0 radical (unpaired) electrons. The molecule has 1 aromatic carbocycles. The van der Waals surface area contributed by atoms with Crippen molar-refractivity contribution in [2.24, 2.45) is 0 Å². The minimum absolute atomic E-state index is 0.0319. The van der Waals surface area contributed by atoms with Crippen LogP contribution in [0.1, 0.15) is 23.0 Å². The van der Waals surface area contributed by atoms with Crippen LogP contribution in [0.25, 0.3) is 16.9 Å². The first kappa shape index (κ1) is 15.1. The van der Waals surface area contributed by atoms with Crippen LogP contribution in [0.5, 0.6) is 0 Å². The Morgan fingerprint density at radius 1 is 1.20 bits per heavy atom. The predicted molar refractivity (Wildman–Crippen MR) is 94.5 cm³/mol. The predicted octanol–water partition coefficient (Wildman–Crippen LogP) is 3.80. The zero-order valence-corrected chi connectivity index (χ0v) is 13.6. The van der Waals surface area contributed by atoms with Crippen molar-refractivity contribution in [3.05, 3.63) is 72.3 Å². The number of carbonyl (C=O) groups is 1. The number of anilines is 1. The molecule has 0 unspecified atom stereocenters. The molecule has 0 saturated carbocycles. The summed E-state index contributed by atoms with van der Waals surface area (Å²) < 4.78 is 7.08. The van der Waals surface area contributed by atoms with Crippen LogP contribution in [0, 0.1) is 0 Å². The molecule has 1 N–H and O–H groups in total. The fraction of sp³-hybridized carbons (Fsp3) is 0.105. The van der Waals surface area contributed by atoms with E-state index >= 15 is 0 Å². The minimum Gasteiger partial charge on any atom is -0.467 e. The molecular formula is C19H16N4O2. The number of ketones is 1. The highest BCUT2D eigenvalue weighted by atomic mass is 16.3. The number of hydrogen-bond donors (Lipinski definition) is 1. The molecule has 0 aliphatic rings. The fourth-order valence-corrected chi connectivity index (χ4v) is 2.65. The molecule has 25 heavy (non-hydrogen) atoms. The minimum atomic E-state index is 0.0319. The Hall–Kier alpha value is -3.41. The van der Waals surface area contributed by atoms with Crippen LogP contribution in [-0.4, -0.2) is 20.4 Å². The SMILES string of the molecule is CC(=O)c1cccc(-c2cnc3ccc(NCc4ccco4)nn23)c1. The zero-order valence-electron chi connectivity index (χ0n) is 13.6. The summed E-state index contributed by atoms with van der Waals surface area (Å²) in [5.74, 6) is 1.58. The maximum absolute atomic E-state index is 11.6. The van der Waals surface area contributed by atoms with Gasteiger partial charge < -0.3 is 9.73 Å². The van der Waals surface area contributed by atoms with Gasteiger partial charge in [0.05, 0.1) is 24.7 Å². The van der Waals surface area contributed by atoms with E-state index in [0.717, 1.165) is 22.7 Å². The van der Waals surface area contributed by atoms with E-state index in [4.69, 9.17) is 4.42 Å². The topological polar surface area (TPSA) is 72.4 Å². The summed E-state index contributed by atoms with van der Waals surface area (Å²) in [7, 11) is 0. The van der Waals surface area contributed by atoms with Crippen LogP contribution in [0.15, 0.2) is 65.4 Å². The lowest BCUT2D eigenvalue weighted by Crippen LogP contribution is -2.04. The Labute approximate surface area is 144 Å². The molecule has 0 bridgehead atoms. The molecule has 0 saturated heterocycles. The van der Waals surface area contributed by atoms with E-state index in [-0.39, 0.29) is 5.78 Å². The Balaban J connectivity index is 1.69. The van der Waals surface area contributed by atoms with E-state index in [0.29, 0.717) is 17.9 Å². The van der Waals surface area contributed by atoms with Gasteiger partial charge in [0.2, 0.25) is 0 Å². The highest BCUT2D eigenvalue weighted by molar-refractivity contribution is 5.95. The average molecular weight is 332 g/mol. The van der Waals surface area contributed by atoms with Gasteiger partial charge in [-0.05, 0) is 37.3 Å². The van der Waals surface area contributed by atoms with Crippen molar-refractivity contribution < 1.29 is 9.21 Å². The molecule has 6 nitrogen and oxygen atoms in total. The summed E-state index contributed by atoms with van der Waals surface area (Å²) >= 11 is 0. The van der Waals surface area contributed by atoms with E-state index in [1.807, 2.05) is 42.5 Å². The normalized spacial score (nSPS) is 10.9. The second-order valence-corrected chi connectivity index (χ2v) is 5.70. The van der Waals surface area contributed by atoms with E-state index in [2.05, 4.69) is 15.4 Å². The smallest absolute Gasteiger partial charge is 0.159 e. The summed E-state index contributed by atoms with van der Waals surface area (Å²) in [4.78, 5) is 16.0. The largest absolute Gasteiger partial charge is 0.467 e. The van der Waals surface area contributed by atoms with Crippen LogP contribution in [0.3, 0.4) is 0 Å². The van der Waals surface area contributed by atoms with Gasteiger partial charge in [0.25, 0.3) is 0 Å². The maximum atomic E-state index is 11.6. The quantitative estimate of drug-likeness (QED) is 0.563. The van der Waals surface area contributed by atoms with E-state index in [1.165, 1.54) is 0 Å². The molecule has 124 valence electrons. The number of aromatic nitrogens is 3. The molecule has 3 aromatic heterocycles. The van der Waals surface area contributed by atoms with Gasteiger partial charge in [-0.15, -0.1) is 5.10 Å². The van der Waals surface area contributed by atoms with Crippen LogP contribution in [0.2, 0.25) is 0 Å².